The number of aliphatic hydroxyl groups is 1. The molecule has 0 aliphatic heterocycles. The zero-order valence-electron chi connectivity index (χ0n) is 15.5. The third-order valence-electron chi connectivity index (χ3n) is 3.50. The van der Waals surface area contributed by atoms with Gasteiger partial charge in [0.2, 0.25) is 0 Å². The minimum absolute atomic E-state index is 0.175. The summed E-state index contributed by atoms with van der Waals surface area (Å²) in [5.41, 5.74) is 0. The number of rotatable bonds is 15. The molecule has 1 unspecified atom stereocenters. The van der Waals surface area contributed by atoms with E-state index in [1.807, 2.05) is 36.5 Å². The fourth-order valence-electron chi connectivity index (χ4n) is 2.06. The lowest BCUT2D eigenvalue weighted by atomic mass is 10.2. The lowest BCUT2D eigenvalue weighted by Crippen LogP contribution is -1.98. The Balaban J connectivity index is 3.68. The van der Waals surface area contributed by atoms with Gasteiger partial charge in [-0.05, 0) is 38.5 Å². The quantitative estimate of drug-likeness (QED) is 0.226. The SMILES string of the molecule is CCCCC/C=C/C/C=C/CC(O)/C=C/C=C/C/C=C/CCC(=O)O. The predicted octanol–water partition coefficient (Wildman–Crippen LogP) is 5.74. The van der Waals surface area contributed by atoms with E-state index >= 15 is 0 Å². The van der Waals surface area contributed by atoms with Gasteiger partial charge < -0.3 is 10.2 Å². The summed E-state index contributed by atoms with van der Waals surface area (Å²) in [6.45, 7) is 2.21. The Kier molecular flexibility index (Phi) is 17.1. The summed E-state index contributed by atoms with van der Waals surface area (Å²) in [6, 6.07) is 0. The molecule has 0 aliphatic carbocycles. The molecule has 0 saturated carbocycles. The van der Waals surface area contributed by atoms with Gasteiger partial charge in [-0.1, -0.05) is 80.5 Å². The first-order valence-electron chi connectivity index (χ1n) is 9.35. The smallest absolute Gasteiger partial charge is 0.303 e. The molecule has 0 spiro atoms. The third-order valence-corrected chi connectivity index (χ3v) is 3.50. The van der Waals surface area contributed by atoms with Crippen molar-refractivity contribution >= 4 is 5.97 Å². The Hall–Kier alpha value is -1.87. The molecule has 3 nitrogen and oxygen atoms in total. The Bertz CT molecular complexity index is 456. The highest BCUT2D eigenvalue weighted by Crippen LogP contribution is 2.02. The van der Waals surface area contributed by atoms with Crippen molar-refractivity contribution < 1.29 is 15.0 Å². The largest absolute Gasteiger partial charge is 0.481 e. The van der Waals surface area contributed by atoms with Gasteiger partial charge in [0.15, 0.2) is 0 Å². The Morgan fingerprint density at radius 2 is 1.56 bits per heavy atom. The van der Waals surface area contributed by atoms with E-state index in [1.165, 1.54) is 19.3 Å². The summed E-state index contributed by atoms with van der Waals surface area (Å²) < 4.78 is 0. The highest BCUT2D eigenvalue weighted by molar-refractivity contribution is 5.66. The van der Waals surface area contributed by atoms with Crippen molar-refractivity contribution in [3.8, 4) is 0 Å². The van der Waals surface area contributed by atoms with Crippen molar-refractivity contribution in [2.45, 2.75) is 70.8 Å². The second kappa shape index (κ2) is 18.5. The van der Waals surface area contributed by atoms with Crippen LogP contribution in [0.2, 0.25) is 0 Å². The van der Waals surface area contributed by atoms with Crippen LogP contribution in [0.15, 0.2) is 60.8 Å². The molecule has 25 heavy (non-hydrogen) atoms. The lowest BCUT2D eigenvalue weighted by Gasteiger charge is -1.98. The van der Waals surface area contributed by atoms with Crippen molar-refractivity contribution in [2.75, 3.05) is 0 Å². The summed E-state index contributed by atoms with van der Waals surface area (Å²) in [5.74, 6) is -0.769. The van der Waals surface area contributed by atoms with Gasteiger partial charge in [0.05, 0.1) is 6.10 Å². The number of allylic oxidation sites excluding steroid dienone is 8. The van der Waals surface area contributed by atoms with Gasteiger partial charge in [-0.2, -0.15) is 0 Å². The van der Waals surface area contributed by atoms with Gasteiger partial charge in [-0.25, -0.2) is 0 Å². The first-order valence-corrected chi connectivity index (χ1v) is 9.35. The maximum absolute atomic E-state index is 10.3. The van der Waals surface area contributed by atoms with E-state index in [0.29, 0.717) is 12.8 Å². The third kappa shape index (κ3) is 20.1. The minimum Gasteiger partial charge on any atom is -0.481 e. The number of aliphatic hydroxyl groups excluding tert-OH is 1. The van der Waals surface area contributed by atoms with Crippen LogP contribution in [-0.2, 0) is 4.79 Å². The molecule has 0 amide bonds. The van der Waals surface area contributed by atoms with Crippen molar-refractivity contribution in [3.63, 3.8) is 0 Å². The molecular weight excluding hydrogens is 312 g/mol. The monoisotopic (exact) mass is 346 g/mol. The van der Waals surface area contributed by atoms with Crippen molar-refractivity contribution in [3.05, 3.63) is 60.8 Å². The predicted molar refractivity (Wildman–Crippen MR) is 107 cm³/mol. The first-order chi connectivity index (χ1) is 12.2. The average Bonchev–Trinajstić information content (AvgIpc) is 2.58. The van der Waals surface area contributed by atoms with Crippen LogP contribution < -0.4 is 0 Å². The average molecular weight is 347 g/mol. The molecule has 0 aromatic heterocycles. The van der Waals surface area contributed by atoms with Crippen LogP contribution >= 0.6 is 0 Å². The van der Waals surface area contributed by atoms with E-state index in [-0.39, 0.29) is 6.42 Å². The van der Waals surface area contributed by atoms with Crippen LogP contribution in [-0.4, -0.2) is 22.3 Å². The number of hydrogen-bond acceptors (Lipinski definition) is 2. The highest BCUT2D eigenvalue weighted by Gasteiger charge is 1.93. The molecule has 0 aliphatic rings. The topological polar surface area (TPSA) is 57.5 Å². The molecule has 0 saturated heterocycles. The fraction of sp³-hybridized carbons (Fsp3) is 0.500. The maximum Gasteiger partial charge on any atom is 0.303 e. The van der Waals surface area contributed by atoms with E-state index in [9.17, 15) is 9.90 Å². The molecule has 0 aromatic carbocycles. The van der Waals surface area contributed by atoms with Gasteiger partial charge >= 0.3 is 5.97 Å². The number of carboxylic acid groups (broad SMARTS) is 1. The van der Waals surface area contributed by atoms with Gasteiger partial charge in [-0.15, -0.1) is 0 Å². The van der Waals surface area contributed by atoms with Crippen LogP contribution in [0, 0.1) is 0 Å². The van der Waals surface area contributed by atoms with Crippen LogP contribution in [0.5, 0.6) is 0 Å². The van der Waals surface area contributed by atoms with E-state index in [1.54, 1.807) is 6.08 Å². The molecule has 0 rings (SSSR count). The van der Waals surface area contributed by atoms with Gasteiger partial charge in [0.1, 0.15) is 0 Å². The molecule has 0 fully saturated rings. The van der Waals surface area contributed by atoms with Crippen LogP contribution in [0.1, 0.15) is 64.7 Å². The molecule has 140 valence electrons. The van der Waals surface area contributed by atoms with E-state index in [2.05, 4.69) is 25.2 Å². The van der Waals surface area contributed by atoms with Crippen molar-refractivity contribution in [1.29, 1.82) is 0 Å². The molecule has 3 heteroatoms. The second-order valence-electron chi connectivity index (χ2n) is 5.93. The number of unbranched alkanes of at least 4 members (excludes halogenated alkanes) is 3. The summed E-state index contributed by atoms with van der Waals surface area (Å²) in [6.07, 6.45) is 27.4. The molecule has 0 radical (unpaired) electrons. The number of hydrogen-bond donors (Lipinski definition) is 2. The molecule has 0 heterocycles. The molecular formula is C22H34O3. The van der Waals surface area contributed by atoms with Gasteiger partial charge in [0.25, 0.3) is 0 Å². The van der Waals surface area contributed by atoms with Crippen LogP contribution in [0.4, 0.5) is 0 Å². The standard InChI is InChI=1S/C22H34O3/c1-2-3-4-5-6-7-9-12-15-18-21(23)19-16-13-10-8-11-14-17-20-22(24)25/h6-7,10-16,19,21,23H,2-5,8-9,17-18,20H2,1H3,(H,24,25)/b7-6+,13-10+,14-11+,15-12+,19-16+. The van der Waals surface area contributed by atoms with Crippen molar-refractivity contribution in [2.24, 2.45) is 0 Å². The second-order valence-corrected chi connectivity index (χ2v) is 5.93. The number of carbonyl (C=O) groups is 1. The van der Waals surface area contributed by atoms with Gasteiger partial charge in [-0.3, -0.25) is 4.79 Å². The zero-order valence-corrected chi connectivity index (χ0v) is 15.5. The number of carboxylic acids is 1. The zero-order chi connectivity index (χ0) is 18.6. The maximum atomic E-state index is 10.3. The molecule has 1 atom stereocenters. The summed E-state index contributed by atoms with van der Waals surface area (Å²) in [5, 5.41) is 18.3. The minimum atomic E-state index is -0.769. The van der Waals surface area contributed by atoms with Crippen molar-refractivity contribution in [1.82, 2.24) is 0 Å². The van der Waals surface area contributed by atoms with E-state index in [4.69, 9.17) is 5.11 Å². The van der Waals surface area contributed by atoms with E-state index < -0.39 is 12.1 Å². The van der Waals surface area contributed by atoms with Crippen LogP contribution in [0.3, 0.4) is 0 Å². The fourth-order valence-corrected chi connectivity index (χ4v) is 2.06. The summed E-state index contributed by atoms with van der Waals surface area (Å²) in [7, 11) is 0. The Labute approximate surface area is 153 Å². The normalized spacial score (nSPS) is 14.0. The first kappa shape index (κ1) is 23.1. The number of aliphatic carboxylic acids is 1. The Morgan fingerprint density at radius 1 is 0.880 bits per heavy atom. The molecule has 2 N–H and O–H groups in total. The Morgan fingerprint density at radius 3 is 2.28 bits per heavy atom. The van der Waals surface area contributed by atoms with Crippen LogP contribution in [0.25, 0.3) is 0 Å². The van der Waals surface area contributed by atoms with Gasteiger partial charge in [0, 0.05) is 6.42 Å². The lowest BCUT2D eigenvalue weighted by molar-refractivity contribution is -0.136. The van der Waals surface area contributed by atoms with E-state index in [0.717, 1.165) is 19.3 Å². The molecule has 0 aromatic rings. The summed E-state index contributed by atoms with van der Waals surface area (Å²) in [4.78, 5) is 10.3. The highest BCUT2D eigenvalue weighted by atomic mass is 16.4. The summed E-state index contributed by atoms with van der Waals surface area (Å²) >= 11 is 0. The molecule has 0 bridgehead atoms.